The quantitative estimate of drug-likeness (QED) is 0.206. The van der Waals surface area contributed by atoms with Gasteiger partial charge in [0.05, 0.1) is 36.1 Å². The maximum atomic E-state index is 13.5. The van der Waals surface area contributed by atoms with Crippen molar-refractivity contribution in [1.29, 1.82) is 0 Å². The van der Waals surface area contributed by atoms with E-state index in [0.29, 0.717) is 22.7 Å². The Kier molecular flexibility index (Phi) is 7.21. The minimum Gasteiger partial charge on any atom is -0.566 e. The maximum Gasteiger partial charge on any atom is 1.00 e. The first-order valence-corrected chi connectivity index (χ1v) is 12.2. The predicted octanol–water partition coefficient (Wildman–Crippen LogP) is 0.0867. The van der Waals surface area contributed by atoms with E-state index in [2.05, 4.69) is 13.0 Å². The molecule has 0 saturated carbocycles. The van der Waals surface area contributed by atoms with Crippen LogP contribution in [0.25, 0.3) is 22.3 Å². The Labute approximate surface area is 224 Å². The molecule has 176 valence electrons. The molecule has 0 fully saturated rings. The van der Waals surface area contributed by atoms with Crippen LogP contribution in [0.2, 0.25) is 0 Å². The van der Waals surface area contributed by atoms with Gasteiger partial charge in [-0.3, -0.25) is 4.79 Å². The van der Waals surface area contributed by atoms with Gasteiger partial charge in [-0.2, -0.15) is 0 Å². The average molecular weight is 505 g/mol. The largest absolute Gasteiger partial charge is 1.00 e. The van der Waals surface area contributed by atoms with Crippen LogP contribution < -0.4 is 44.7 Å². The smallest absolute Gasteiger partial charge is 0.566 e. The molecular weight excluding hydrogens is 482 g/mol. The predicted molar refractivity (Wildman–Crippen MR) is 122 cm³/mol. The van der Waals surface area contributed by atoms with Gasteiger partial charge in [-0.05, 0) is 41.2 Å². The molecular formula is C24H23N2NaO7P+. The van der Waals surface area contributed by atoms with Crippen LogP contribution in [0.3, 0.4) is 0 Å². The first-order valence-electron chi connectivity index (χ1n) is 11.1. The zero-order valence-electron chi connectivity index (χ0n) is 20.0. The van der Waals surface area contributed by atoms with Crippen LogP contribution in [0.5, 0.6) is 5.75 Å². The van der Waals surface area contributed by atoms with Gasteiger partial charge >= 0.3 is 43.8 Å². The van der Waals surface area contributed by atoms with E-state index in [1.807, 2.05) is 12.1 Å². The normalized spacial score (nSPS) is 18.3. The van der Waals surface area contributed by atoms with Crippen LogP contribution in [-0.2, 0) is 43.8 Å². The van der Waals surface area contributed by atoms with Crippen LogP contribution in [0, 0.1) is 0 Å². The summed E-state index contributed by atoms with van der Waals surface area (Å²) in [6.07, 6.45) is 1.92. The second kappa shape index (κ2) is 9.73. The van der Waals surface area contributed by atoms with Gasteiger partial charge in [0.25, 0.3) is 5.56 Å². The molecule has 5 rings (SSSR count). The van der Waals surface area contributed by atoms with Gasteiger partial charge in [0.15, 0.2) is 0 Å². The standard InChI is InChI=1S/C24H23N2O7P.Na/c1-4-6-13-7-8-18-14(9-13)21(31-3)15-11-26-19(20(15)25-18)10-17-16(22(26)27)12-32-23(28)24(17,5-2)33-34(29)30;/h7-10H,4-6,11-12H2,1-3H3;/q;+1/t24-;/m0./s1. The number of carbonyl (C=O) groups is 1. The minimum atomic E-state index is -3.38. The molecule has 2 atom stereocenters. The number of rotatable bonds is 6. The molecule has 1 aromatic carbocycles. The summed E-state index contributed by atoms with van der Waals surface area (Å²) in [6.45, 7) is 3.71. The van der Waals surface area contributed by atoms with E-state index in [1.54, 1.807) is 24.7 Å². The maximum absolute atomic E-state index is 13.5. The number of benzene rings is 1. The Morgan fingerprint density at radius 2 is 2.00 bits per heavy atom. The Morgan fingerprint density at radius 1 is 1.23 bits per heavy atom. The van der Waals surface area contributed by atoms with E-state index < -0.39 is 19.8 Å². The second-order valence-corrected chi connectivity index (χ2v) is 9.09. The summed E-state index contributed by atoms with van der Waals surface area (Å²) in [5, 5.41) is 0.867. The molecule has 0 amide bonds. The molecule has 0 saturated heterocycles. The van der Waals surface area contributed by atoms with Crippen molar-refractivity contribution in [3.63, 3.8) is 0 Å². The van der Waals surface area contributed by atoms with Crippen molar-refractivity contribution in [3.05, 3.63) is 56.9 Å². The molecule has 1 unspecified atom stereocenters. The number of methoxy groups -OCH3 is 1. The minimum absolute atomic E-state index is 0. The van der Waals surface area contributed by atoms with Gasteiger partial charge < -0.3 is 18.9 Å². The third-order valence-electron chi connectivity index (χ3n) is 6.64. The molecule has 4 heterocycles. The SMILES string of the molecule is CCCc1ccc2nc3c(c(OC)c2c1)Cn1c-3cc2c(c1=O)COC(=O)[C@@]2(CC)O[P+](=O)[O-].[Na+]. The average Bonchev–Trinajstić information content (AvgIpc) is 3.18. The number of hydrogen-bond acceptors (Lipinski definition) is 8. The van der Waals surface area contributed by atoms with Crippen LogP contribution in [-0.4, -0.2) is 22.6 Å². The van der Waals surface area contributed by atoms with Crippen molar-refractivity contribution in [2.24, 2.45) is 0 Å². The molecule has 0 radical (unpaired) electrons. The van der Waals surface area contributed by atoms with Gasteiger partial charge in [-0.25, -0.2) is 9.78 Å². The third-order valence-corrected chi connectivity index (χ3v) is 7.10. The molecule has 3 aromatic rings. The number of pyridine rings is 2. The molecule has 35 heavy (non-hydrogen) atoms. The van der Waals surface area contributed by atoms with Gasteiger partial charge in [-0.15, -0.1) is 4.52 Å². The first-order chi connectivity index (χ1) is 16.3. The zero-order chi connectivity index (χ0) is 24.2. The van der Waals surface area contributed by atoms with E-state index >= 15 is 0 Å². The Hall–Kier alpha value is -2.13. The van der Waals surface area contributed by atoms with Gasteiger partial charge in [0.2, 0.25) is 5.60 Å². The number of aromatic nitrogens is 2. The van der Waals surface area contributed by atoms with Gasteiger partial charge in [0, 0.05) is 16.5 Å². The van der Waals surface area contributed by atoms with E-state index in [9.17, 15) is 19.0 Å². The summed E-state index contributed by atoms with van der Waals surface area (Å²) in [4.78, 5) is 42.5. The van der Waals surface area contributed by atoms with E-state index in [0.717, 1.165) is 23.8 Å². The Morgan fingerprint density at radius 3 is 2.66 bits per heavy atom. The Balaban J connectivity index is 0.00000289. The third kappa shape index (κ3) is 3.95. The number of hydrogen-bond donors (Lipinski definition) is 0. The fourth-order valence-electron chi connectivity index (χ4n) is 5.03. The fraction of sp³-hybridized carbons (Fsp3) is 0.375. The number of esters is 1. The number of nitrogens with zero attached hydrogens (tertiary/aromatic N) is 2. The number of cyclic esters (lactones) is 1. The molecule has 2 aliphatic rings. The van der Waals surface area contributed by atoms with Crippen molar-refractivity contribution >= 4 is 25.1 Å². The van der Waals surface area contributed by atoms with E-state index in [-0.39, 0.29) is 65.8 Å². The van der Waals surface area contributed by atoms with Crippen LogP contribution >= 0.6 is 8.25 Å². The van der Waals surface area contributed by atoms with Gasteiger partial charge in [-0.1, -0.05) is 26.3 Å². The second-order valence-electron chi connectivity index (χ2n) is 8.46. The van der Waals surface area contributed by atoms with E-state index in [1.165, 1.54) is 5.56 Å². The molecule has 2 aromatic heterocycles. The summed E-state index contributed by atoms with van der Waals surface area (Å²) in [7, 11) is -1.79. The topological polar surface area (TPSA) is 120 Å². The molecule has 0 bridgehead atoms. The zero-order valence-corrected chi connectivity index (χ0v) is 22.9. The van der Waals surface area contributed by atoms with Crippen molar-refractivity contribution in [1.82, 2.24) is 9.55 Å². The molecule has 0 spiro atoms. The van der Waals surface area contributed by atoms with Crippen molar-refractivity contribution in [3.8, 4) is 17.1 Å². The van der Waals surface area contributed by atoms with Crippen LogP contribution in [0.15, 0.2) is 29.1 Å². The van der Waals surface area contributed by atoms with Gasteiger partial charge in [0.1, 0.15) is 12.4 Å². The van der Waals surface area contributed by atoms with Crippen LogP contribution in [0.4, 0.5) is 0 Å². The van der Waals surface area contributed by atoms with Crippen molar-refractivity contribution in [2.45, 2.75) is 51.9 Å². The summed E-state index contributed by atoms with van der Waals surface area (Å²) < 4.78 is 29.1. The molecule has 9 nitrogen and oxygen atoms in total. The van der Waals surface area contributed by atoms with Crippen molar-refractivity contribution < 1.29 is 57.8 Å². The molecule has 11 heteroatoms. The summed E-state index contributed by atoms with van der Waals surface area (Å²) in [6, 6.07) is 7.65. The fourth-order valence-corrected chi connectivity index (χ4v) is 5.59. The van der Waals surface area contributed by atoms with Crippen LogP contribution in [0.1, 0.15) is 48.9 Å². The van der Waals surface area contributed by atoms with Crippen molar-refractivity contribution in [2.75, 3.05) is 7.11 Å². The Bertz CT molecular complexity index is 1440. The summed E-state index contributed by atoms with van der Waals surface area (Å²) in [5.74, 6) is -0.191. The molecule has 0 N–H and O–H groups in total. The first kappa shape index (κ1) is 25.9. The number of ether oxygens (including phenoxy) is 2. The summed E-state index contributed by atoms with van der Waals surface area (Å²) >= 11 is 0. The number of carbonyl (C=O) groups excluding carboxylic acids is 1. The van der Waals surface area contributed by atoms with E-state index in [4.69, 9.17) is 19.0 Å². The number of fused-ring (bicyclic) bond motifs is 5. The number of aryl methyl sites for hydroxylation is 1. The molecule has 0 aliphatic carbocycles. The monoisotopic (exact) mass is 505 g/mol. The molecule has 2 aliphatic heterocycles. The summed E-state index contributed by atoms with van der Waals surface area (Å²) in [5.41, 5.74) is 1.80.